The Labute approximate surface area is 182 Å². The summed E-state index contributed by atoms with van der Waals surface area (Å²) in [5.74, 6) is 0.881. The average Bonchev–Trinajstić information content (AvgIpc) is 3.20. The van der Waals surface area contributed by atoms with Gasteiger partial charge in [-0.1, -0.05) is 42.8 Å². The maximum atomic E-state index is 12.7. The molecule has 0 amide bonds. The number of aryl methyl sites for hydroxylation is 1. The van der Waals surface area contributed by atoms with Gasteiger partial charge in [0, 0.05) is 25.2 Å². The van der Waals surface area contributed by atoms with Crippen LogP contribution < -0.4 is 10.3 Å². The van der Waals surface area contributed by atoms with Gasteiger partial charge in [-0.05, 0) is 49.7 Å². The van der Waals surface area contributed by atoms with Crippen LogP contribution in [0.3, 0.4) is 0 Å². The van der Waals surface area contributed by atoms with Gasteiger partial charge in [0.15, 0.2) is 5.65 Å². The molecule has 0 saturated heterocycles. The van der Waals surface area contributed by atoms with Crippen molar-refractivity contribution in [2.24, 2.45) is 0 Å². The lowest BCUT2D eigenvalue weighted by atomic mass is 10.1. The third kappa shape index (κ3) is 4.86. The molecular formula is C25H28N4O2. The Morgan fingerprint density at radius 3 is 2.55 bits per heavy atom. The molecule has 1 N–H and O–H groups in total. The van der Waals surface area contributed by atoms with E-state index in [4.69, 9.17) is 9.72 Å². The van der Waals surface area contributed by atoms with Crippen molar-refractivity contribution in [2.45, 2.75) is 33.9 Å². The second-order valence-electron chi connectivity index (χ2n) is 7.70. The number of rotatable bonds is 8. The van der Waals surface area contributed by atoms with Gasteiger partial charge in [-0.2, -0.15) is 0 Å². The molecule has 0 atom stereocenters. The van der Waals surface area contributed by atoms with Crippen LogP contribution in [0, 0.1) is 6.92 Å². The van der Waals surface area contributed by atoms with Crippen molar-refractivity contribution in [1.29, 1.82) is 0 Å². The molecule has 0 aliphatic carbocycles. The molecule has 2 aromatic heterocycles. The Kier molecular flexibility index (Phi) is 6.18. The number of hydrogen-bond donors (Lipinski definition) is 1. The summed E-state index contributed by atoms with van der Waals surface area (Å²) < 4.78 is 7.02. The van der Waals surface area contributed by atoms with Gasteiger partial charge in [0.2, 0.25) is 0 Å². The monoisotopic (exact) mass is 416 g/mol. The summed E-state index contributed by atoms with van der Waals surface area (Å²) in [5, 5.41) is 3.17. The lowest BCUT2D eigenvalue weighted by molar-refractivity contribution is 0.268. The minimum absolute atomic E-state index is 0.101. The molecule has 6 nitrogen and oxygen atoms in total. The van der Waals surface area contributed by atoms with Crippen LogP contribution in [0.2, 0.25) is 0 Å². The SMILES string of the molecule is CCOc1ccc(CN(CC)Cc2cc(=O)n3[nH]c(-c4cccc(C)c4)cc3n2)cc1. The first-order valence-corrected chi connectivity index (χ1v) is 10.7. The fourth-order valence-corrected chi connectivity index (χ4v) is 3.71. The van der Waals surface area contributed by atoms with E-state index in [0.717, 1.165) is 35.8 Å². The van der Waals surface area contributed by atoms with Crippen molar-refractivity contribution in [2.75, 3.05) is 13.2 Å². The smallest absolute Gasteiger partial charge is 0.272 e. The first kappa shape index (κ1) is 20.9. The lowest BCUT2D eigenvalue weighted by Crippen LogP contribution is -2.25. The van der Waals surface area contributed by atoms with Gasteiger partial charge in [-0.15, -0.1) is 0 Å². The summed E-state index contributed by atoms with van der Waals surface area (Å²) in [6, 6.07) is 19.9. The number of fused-ring (bicyclic) bond motifs is 1. The molecule has 0 radical (unpaired) electrons. The Hall–Kier alpha value is -3.38. The zero-order valence-electron chi connectivity index (χ0n) is 18.3. The number of aromatic amines is 1. The van der Waals surface area contributed by atoms with Crippen molar-refractivity contribution >= 4 is 5.65 Å². The Morgan fingerprint density at radius 1 is 1.03 bits per heavy atom. The second kappa shape index (κ2) is 9.18. The Bertz CT molecular complexity index is 1220. The zero-order chi connectivity index (χ0) is 21.8. The summed E-state index contributed by atoms with van der Waals surface area (Å²) in [5.41, 5.74) is 5.60. The molecule has 4 rings (SSSR count). The summed E-state index contributed by atoms with van der Waals surface area (Å²) in [7, 11) is 0. The molecule has 0 bridgehead atoms. The number of aromatic nitrogens is 3. The molecule has 0 spiro atoms. The first-order valence-electron chi connectivity index (χ1n) is 10.7. The van der Waals surface area contributed by atoms with Gasteiger partial charge in [-0.3, -0.25) is 14.8 Å². The number of ether oxygens (including phenoxy) is 1. The topological polar surface area (TPSA) is 62.6 Å². The van der Waals surface area contributed by atoms with Gasteiger partial charge >= 0.3 is 0 Å². The van der Waals surface area contributed by atoms with E-state index in [1.165, 1.54) is 15.6 Å². The van der Waals surface area contributed by atoms with E-state index in [1.54, 1.807) is 6.07 Å². The van der Waals surface area contributed by atoms with Crippen molar-refractivity contribution < 1.29 is 4.74 Å². The van der Waals surface area contributed by atoms with E-state index in [0.29, 0.717) is 18.8 Å². The van der Waals surface area contributed by atoms with Crippen LogP contribution in [-0.2, 0) is 13.1 Å². The van der Waals surface area contributed by atoms with Crippen molar-refractivity contribution in [1.82, 2.24) is 19.5 Å². The second-order valence-corrected chi connectivity index (χ2v) is 7.70. The molecule has 160 valence electrons. The molecule has 0 fully saturated rings. The number of nitrogens with zero attached hydrogens (tertiary/aromatic N) is 3. The largest absolute Gasteiger partial charge is 0.494 e. The van der Waals surface area contributed by atoms with E-state index in [9.17, 15) is 4.79 Å². The molecule has 0 aliphatic rings. The number of H-pyrrole nitrogens is 1. The highest BCUT2D eigenvalue weighted by Gasteiger charge is 2.11. The van der Waals surface area contributed by atoms with Crippen LogP contribution in [0.25, 0.3) is 16.9 Å². The Balaban J connectivity index is 1.55. The number of hydrogen-bond acceptors (Lipinski definition) is 4. The molecule has 31 heavy (non-hydrogen) atoms. The van der Waals surface area contributed by atoms with Crippen LogP contribution >= 0.6 is 0 Å². The fraction of sp³-hybridized carbons (Fsp3) is 0.280. The maximum Gasteiger partial charge on any atom is 0.272 e. The third-order valence-corrected chi connectivity index (χ3v) is 5.31. The van der Waals surface area contributed by atoms with Gasteiger partial charge < -0.3 is 4.74 Å². The number of benzene rings is 2. The summed E-state index contributed by atoms with van der Waals surface area (Å²) in [6.45, 7) is 9.06. The van der Waals surface area contributed by atoms with Crippen molar-refractivity contribution in [3.63, 3.8) is 0 Å². The molecular weight excluding hydrogens is 388 g/mol. The predicted molar refractivity (Wildman–Crippen MR) is 123 cm³/mol. The lowest BCUT2D eigenvalue weighted by Gasteiger charge is -2.20. The predicted octanol–water partition coefficient (Wildman–Crippen LogP) is 4.42. The quantitative estimate of drug-likeness (QED) is 0.462. The fourth-order valence-electron chi connectivity index (χ4n) is 3.71. The molecule has 0 unspecified atom stereocenters. The van der Waals surface area contributed by atoms with E-state index in [1.807, 2.05) is 37.3 Å². The highest BCUT2D eigenvalue weighted by molar-refractivity contribution is 5.64. The van der Waals surface area contributed by atoms with Gasteiger partial charge in [0.05, 0.1) is 18.0 Å². The highest BCUT2D eigenvalue weighted by Crippen LogP contribution is 2.20. The zero-order valence-corrected chi connectivity index (χ0v) is 18.3. The minimum atomic E-state index is -0.101. The molecule has 4 aromatic rings. The van der Waals surface area contributed by atoms with E-state index >= 15 is 0 Å². The van der Waals surface area contributed by atoms with Crippen LogP contribution in [0.4, 0.5) is 0 Å². The van der Waals surface area contributed by atoms with Gasteiger partial charge in [0.1, 0.15) is 5.75 Å². The van der Waals surface area contributed by atoms with Crippen LogP contribution in [0.15, 0.2) is 65.5 Å². The van der Waals surface area contributed by atoms with Crippen molar-refractivity contribution in [3.05, 3.63) is 87.8 Å². The van der Waals surface area contributed by atoms with Crippen molar-refractivity contribution in [3.8, 4) is 17.0 Å². The molecule has 6 heteroatoms. The Morgan fingerprint density at radius 2 is 1.84 bits per heavy atom. The van der Waals surface area contributed by atoms with E-state index < -0.39 is 0 Å². The molecule has 0 saturated carbocycles. The summed E-state index contributed by atoms with van der Waals surface area (Å²) in [6.07, 6.45) is 0. The normalized spacial score (nSPS) is 11.4. The number of nitrogens with one attached hydrogen (secondary N) is 1. The standard InChI is InChI=1S/C25H28N4O2/c1-4-28(16-19-9-11-22(12-10-19)31-5-2)17-21-14-25(30)29-24(26-21)15-23(27-29)20-8-6-7-18(3)13-20/h6-15,27H,4-5,16-17H2,1-3H3. The van der Waals surface area contributed by atoms with Gasteiger partial charge in [-0.25, -0.2) is 9.50 Å². The highest BCUT2D eigenvalue weighted by atomic mass is 16.5. The first-order chi connectivity index (χ1) is 15.1. The molecule has 2 aromatic carbocycles. The van der Waals surface area contributed by atoms with E-state index in [-0.39, 0.29) is 5.56 Å². The average molecular weight is 417 g/mol. The van der Waals surface area contributed by atoms with E-state index in [2.05, 4.69) is 48.1 Å². The minimum Gasteiger partial charge on any atom is -0.494 e. The maximum absolute atomic E-state index is 12.7. The summed E-state index contributed by atoms with van der Waals surface area (Å²) in [4.78, 5) is 19.7. The molecule has 2 heterocycles. The summed E-state index contributed by atoms with van der Waals surface area (Å²) >= 11 is 0. The van der Waals surface area contributed by atoms with Crippen LogP contribution in [0.5, 0.6) is 5.75 Å². The van der Waals surface area contributed by atoms with Crippen LogP contribution in [0.1, 0.15) is 30.7 Å². The molecule has 0 aliphatic heterocycles. The van der Waals surface area contributed by atoms with Crippen LogP contribution in [-0.4, -0.2) is 32.6 Å². The van der Waals surface area contributed by atoms with Gasteiger partial charge in [0.25, 0.3) is 5.56 Å². The third-order valence-electron chi connectivity index (χ3n) is 5.31.